The molecule has 0 aliphatic heterocycles. The molecule has 0 aromatic heterocycles. The van der Waals surface area contributed by atoms with E-state index in [0.29, 0.717) is 6.61 Å². The molecular weight excluding hydrogens is 188 g/mol. The summed E-state index contributed by atoms with van der Waals surface area (Å²) >= 11 is 2.95. The highest BCUT2D eigenvalue weighted by molar-refractivity contribution is 9.09. The van der Waals surface area contributed by atoms with Crippen molar-refractivity contribution in [2.75, 3.05) is 13.7 Å². The van der Waals surface area contributed by atoms with Crippen LogP contribution in [-0.4, -0.2) is 24.7 Å². The van der Waals surface area contributed by atoms with Gasteiger partial charge in [-0.1, -0.05) is 0 Å². The van der Waals surface area contributed by atoms with Crippen molar-refractivity contribution in [3.05, 3.63) is 0 Å². The molecule has 0 saturated carbocycles. The molecule has 9 heavy (non-hydrogen) atoms. The van der Waals surface area contributed by atoms with Crippen molar-refractivity contribution in [1.82, 2.24) is 0 Å². The van der Waals surface area contributed by atoms with E-state index in [1.54, 1.807) is 6.92 Å². The Kier molecular flexibility index (Phi) is 4.71. The Morgan fingerprint density at radius 2 is 2.33 bits per heavy atom. The van der Waals surface area contributed by atoms with Crippen LogP contribution in [0.5, 0.6) is 0 Å². The first-order valence-corrected chi connectivity index (χ1v) is 3.47. The van der Waals surface area contributed by atoms with Gasteiger partial charge in [-0.05, 0) is 22.9 Å². The maximum absolute atomic E-state index is 10.6. The van der Waals surface area contributed by atoms with E-state index in [1.807, 2.05) is 0 Å². The Balaban J connectivity index is 3.46. The number of alkyl halides is 1. The molecule has 1 atom stereocenters. The van der Waals surface area contributed by atoms with E-state index in [-0.39, 0.29) is 5.97 Å². The van der Waals surface area contributed by atoms with Gasteiger partial charge in [0.2, 0.25) is 5.01 Å². The first-order chi connectivity index (χ1) is 4.22. The summed E-state index contributed by atoms with van der Waals surface area (Å²) in [5.74, 6) is -0.389. The van der Waals surface area contributed by atoms with Crippen molar-refractivity contribution in [2.24, 2.45) is 0 Å². The Bertz CT molecular complexity index is 94.2. The lowest BCUT2D eigenvalue weighted by Gasteiger charge is -2.04. The normalized spacial score (nSPS) is 12.8. The maximum Gasteiger partial charge on any atom is 0.346 e. The molecule has 0 rings (SSSR count). The maximum atomic E-state index is 10.6. The number of hydrogen-bond donors (Lipinski definition) is 0. The number of hydrogen-bond acceptors (Lipinski definition) is 3. The summed E-state index contributed by atoms with van der Waals surface area (Å²) in [5.41, 5.74) is 0. The smallest absolute Gasteiger partial charge is 0.346 e. The van der Waals surface area contributed by atoms with Crippen molar-refractivity contribution in [1.29, 1.82) is 0 Å². The van der Waals surface area contributed by atoms with Crippen molar-refractivity contribution in [3.63, 3.8) is 0 Å². The first-order valence-electron chi connectivity index (χ1n) is 2.55. The van der Waals surface area contributed by atoms with E-state index in [2.05, 4.69) is 25.4 Å². The van der Waals surface area contributed by atoms with E-state index in [0.717, 1.165) is 0 Å². The summed E-state index contributed by atoms with van der Waals surface area (Å²) in [4.78, 5) is 10.6. The van der Waals surface area contributed by atoms with Crippen LogP contribution in [0.4, 0.5) is 0 Å². The van der Waals surface area contributed by atoms with Crippen LogP contribution in [0.2, 0.25) is 0 Å². The number of esters is 1. The van der Waals surface area contributed by atoms with Gasteiger partial charge in [-0.3, -0.25) is 0 Å². The molecule has 54 valence electrons. The lowest BCUT2D eigenvalue weighted by Crippen LogP contribution is -2.18. The largest absolute Gasteiger partial charge is 0.463 e. The highest BCUT2D eigenvalue weighted by Gasteiger charge is 2.13. The van der Waals surface area contributed by atoms with E-state index < -0.39 is 5.01 Å². The third kappa shape index (κ3) is 3.48. The van der Waals surface area contributed by atoms with E-state index in [9.17, 15) is 4.79 Å². The third-order valence-electron chi connectivity index (χ3n) is 0.679. The molecule has 0 bridgehead atoms. The van der Waals surface area contributed by atoms with E-state index in [4.69, 9.17) is 0 Å². The highest BCUT2D eigenvalue weighted by atomic mass is 79.9. The minimum absolute atomic E-state index is 0.379. The molecule has 0 amide bonds. The van der Waals surface area contributed by atoms with E-state index >= 15 is 0 Å². The van der Waals surface area contributed by atoms with Crippen LogP contribution in [0, 0.1) is 0 Å². The second kappa shape index (κ2) is 4.76. The molecule has 0 saturated heterocycles. The fraction of sp³-hybridized carbons (Fsp3) is 0.800. The average Bonchev–Trinajstić information content (AvgIpc) is 1.87. The van der Waals surface area contributed by atoms with Crippen molar-refractivity contribution < 1.29 is 14.3 Å². The Morgan fingerprint density at radius 1 is 1.78 bits per heavy atom. The zero-order valence-corrected chi connectivity index (χ0v) is 6.97. The highest BCUT2D eigenvalue weighted by Crippen LogP contribution is 2.01. The van der Waals surface area contributed by atoms with Crippen LogP contribution in [0.3, 0.4) is 0 Å². The Morgan fingerprint density at radius 3 is 2.67 bits per heavy atom. The summed E-state index contributed by atoms with van der Waals surface area (Å²) in [6.07, 6.45) is 0. The second-order valence-corrected chi connectivity index (χ2v) is 2.14. The minimum atomic E-state index is -0.627. The molecule has 0 aromatic rings. The molecule has 0 radical (unpaired) electrons. The SMILES string of the molecule is CCOC(=O)C(Br)OC. The van der Waals surface area contributed by atoms with Gasteiger partial charge in [0, 0.05) is 7.11 Å². The number of carbonyl (C=O) groups excluding carboxylic acids is 1. The standard InChI is InChI=1S/C5H9BrO3/c1-3-9-5(7)4(6)8-2/h4H,3H2,1-2H3. The number of methoxy groups -OCH3 is 1. The molecule has 0 N–H and O–H groups in total. The number of halogens is 1. The quantitative estimate of drug-likeness (QED) is 0.498. The number of rotatable bonds is 3. The molecule has 0 heterocycles. The van der Waals surface area contributed by atoms with Gasteiger partial charge in [-0.15, -0.1) is 0 Å². The average molecular weight is 197 g/mol. The van der Waals surface area contributed by atoms with Crippen LogP contribution < -0.4 is 0 Å². The van der Waals surface area contributed by atoms with Crippen molar-refractivity contribution in [3.8, 4) is 0 Å². The van der Waals surface area contributed by atoms with Crippen LogP contribution >= 0.6 is 15.9 Å². The van der Waals surface area contributed by atoms with Gasteiger partial charge >= 0.3 is 5.97 Å². The number of carbonyl (C=O) groups is 1. The summed E-state index contributed by atoms with van der Waals surface area (Å²) in [6, 6.07) is 0. The minimum Gasteiger partial charge on any atom is -0.463 e. The van der Waals surface area contributed by atoms with Crippen LogP contribution in [0.15, 0.2) is 0 Å². The van der Waals surface area contributed by atoms with Gasteiger partial charge < -0.3 is 9.47 Å². The molecule has 3 nitrogen and oxygen atoms in total. The van der Waals surface area contributed by atoms with Crippen molar-refractivity contribution >= 4 is 21.9 Å². The summed E-state index contributed by atoms with van der Waals surface area (Å²) in [6.45, 7) is 2.12. The van der Waals surface area contributed by atoms with Gasteiger partial charge in [0.05, 0.1) is 6.61 Å². The monoisotopic (exact) mass is 196 g/mol. The summed E-state index contributed by atoms with van der Waals surface area (Å²) in [5, 5.41) is -0.627. The summed E-state index contributed by atoms with van der Waals surface area (Å²) < 4.78 is 9.19. The molecule has 1 unspecified atom stereocenters. The Hall–Kier alpha value is -0.0900. The zero-order chi connectivity index (χ0) is 7.28. The van der Waals surface area contributed by atoms with Crippen LogP contribution in [-0.2, 0) is 14.3 Å². The predicted octanol–water partition coefficient (Wildman–Crippen LogP) is 0.917. The lowest BCUT2D eigenvalue weighted by atomic mass is 10.7. The van der Waals surface area contributed by atoms with E-state index in [1.165, 1.54) is 7.11 Å². The molecular formula is C5H9BrO3. The fourth-order valence-corrected chi connectivity index (χ4v) is 0.436. The van der Waals surface area contributed by atoms with Crippen molar-refractivity contribution in [2.45, 2.75) is 11.9 Å². The molecule has 0 aliphatic carbocycles. The summed E-state index contributed by atoms with van der Waals surface area (Å²) in [7, 11) is 1.43. The molecule has 4 heteroatoms. The lowest BCUT2D eigenvalue weighted by molar-refractivity contribution is -0.149. The zero-order valence-electron chi connectivity index (χ0n) is 5.39. The second-order valence-electron chi connectivity index (χ2n) is 1.30. The molecule has 0 aliphatic rings. The Labute approximate surface area is 62.5 Å². The number of ether oxygens (including phenoxy) is 2. The molecule has 0 spiro atoms. The van der Waals surface area contributed by atoms with Gasteiger partial charge in [-0.2, -0.15) is 0 Å². The molecule has 0 aromatic carbocycles. The topological polar surface area (TPSA) is 35.5 Å². The fourth-order valence-electron chi connectivity index (χ4n) is 0.304. The van der Waals surface area contributed by atoms with Gasteiger partial charge in [0.15, 0.2) is 0 Å². The van der Waals surface area contributed by atoms with Gasteiger partial charge in [0.25, 0.3) is 0 Å². The molecule has 0 fully saturated rings. The predicted molar refractivity (Wildman–Crippen MR) is 36.4 cm³/mol. The van der Waals surface area contributed by atoms with Crippen LogP contribution in [0.1, 0.15) is 6.92 Å². The van der Waals surface area contributed by atoms with Crippen LogP contribution in [0.25, 0.3) is 0 Å². The van der Waals surface area contributed by atoms with Gasteiger partial charge in [0.1, 0.15) is 0 Å². The third-order valence-corrected chi connectivity index (χ3v) is 1.43. The first kappa shape index (κ1) is 8.91. The van der Waals surface area contributed by atoms with Gasteiger partial charge in [-0.25, -0.2) is 4.79 Å².